The van der Waals surface area contributed by atoms with E-state index in [-0.39, 0.29) is 4.90 Å². The number of rotatable bonds is 3. The zero-order valence-corrected chi connectivity index (χ0v) is 16.5. The second kappa shape index (κ2) is 5.92. The lowest BCUT2D eigenvalue weighted by Gasteiger charge is -2.32. The van der Waals surface area contributed by atoms with Gasteiger partial charge in [-0.2, -0.15) is 0 Å². The predicted molar refractivity (Wildman–Crippen MR) is 104 cm³/mol. The fourth-order valence-electron chi connectivity index (χ4n) is 3.11. The van der Waals surface area contributed by atoms with Gasteiger partial charge in [-0.1, -0.05) is 18.2 Å². The van der Waals surface area contributed by atoms with Crippen LogP contribution in [0.2, 0.25) is 0 Å². The molecule has 1 aliphatic heterocycles. The molecule has 1 aromatic carbocycles. The molecule has 0 radical (unpaired) electrons. The van der Waals surface area contributed by atoms with Crippen LogP contribution in [0.25, 0.3) is 11.0 Å². The summed E-state index contributed by atoms with van der Waals surface area (Å²) < 4.78 is 40.3. The van der Waals surface area contributed by atoms with Crippen molar-refractivity contribution in [3.8, 4) is 0 Å². The van der Waals surface area contributed by atoms with Crippen LogP contribution in [0.15, 0.2) is 59.6 Å². The second-order valence-electron chi connectivity index (χ2n) is 7.66. The van der Waals surface area contributed by atoms with Gasteiger partial charge in [0, 0.05) is 11.6 Å². The van der Waals surface area contributed by atoms with Crippen LogP contribution in [0.3, 0.4) is 0 Å². The molecule has 0 amide bonds. The summed E-state index contributed by atoms with van der Waals surface area (Å²) in [4.78, 5) is 4.50. The van der Waals surface area contributed by atoms with Crippen molar-refractivity contribution in [3.63, 3.8) is 0 Å². The first-order chi connectivity index (χ1) is 12.6. The van der Waals surface area contributed by atoms with Crippen LogP contribution < -0.4 is 5.59 Å². The van der Waals surface area contributed by atoms with Crippen LogP contribution in [0.5, 0.6) is 0 Å². The van der Waals surface area contributed by atoms with E-state index >= 15 is 0 Å². The van der Waals surface area contributed by atoms with E-state index in [0.717, 1.165) is 0 Å². The van der Waals surface area contributed by atoms with E-state index in [1.165, 1.54) is 3.97 Å². The van der Waals surface area contributed by atoms with Crippen LogP contribution in [-0.2, 0) is 19.3 Å². The molecule has 0 bridgehead atoms. The first kappa shape index (κ1) is 18.2. The standard InChI is InChI=1S/C19H21BN2O4S/c1-18(2)19(3,4)26-20(25-18)16-13-14-9-8-12-21-17(14)22(16)27(23,24)15-10-6-5-7-11-15/h5-13H,1-4H3. The van der Waals surface area contributed by atoms with Crippen molar-refractivity contribution in [2.75, 3.05) is 0 Å². The third-order valence-electron chi connectivity index (χ3n) is 5.32. The van der Waals surface area contributed by atoms with Crippen LogP contribution in [-0.4, -0.2) is 35.7 Å². The van der Waals surface area contributed by atoms with Gasteiger partial charge >= 0.3 is 7.12 Å². The number of pyridine rings is 1. The molecular formula is C19H21BN2O4S. The third kappa shape index (κ3) is 2.79. The summed E-state index contributed by atoms with van der Waals surface area (Å²) in [6, 6.07) is 13.7. The van der Waals surface area contributed by atoms with Gasteiger partial charge in [-0.25, -0.2) is 17.4 Å². The number of nitrogens with zero attached hydrogens (tertiary/aromatic N) is 2. The van der Waals surface area contributed by atoms with Crippen molar-refractivity contribution in [1.82, 2.24) is 8.96 Å². The Morgan fingerprint density at radius 3 is 2.22 bits per heavy atom. The summed E-state index contributed by atoms with van der Waals surface area (Å²) in [6.07, 6.45) is 1.58. The molecular weight excluding hydrogens is 363 g/mol. The molecule has 0 unspecified atom stereocenters. The molecule has 8 heteroatoms. The van der Waals surface area contributed by atoms with Gasteiger partial charge < -0.3 is 9.31 Å². The first-order valence-corrected chi connectivity index (χ1v) is 10.2. The van der Waals surface area contributed by atoms with Crippen molar-refractivity contribution < 1.29 is 17.7 Å². The summed E-state index contributed by atoms with van der Waals surface area (Å²) >= 11 is 0. The molecule has 6 nitrogen and oxygen atoms in total. The van der Waals surface area contributed by atoms with E-state index in [9.17, 15) is 8.42 Å². The van der Waals surface area contributed by atoms with E-state index in [1.807, 2.05) is 33.8 Å². The molecule has 0 spiro atoms. The highest BCUT2D eigenvalue weighted by Gasteiger charge is 2.53. The van der Waals surface area contributed by atoms with E-state index in [1.54, 1.807) is 48.7 Å². The highest BCUT2D eigenvalue weighted by atomic mass is 32.2. The SMILES string of the molecule is CC1(C)OB(c2cc3cccnc3n2S(=O)(=O)c2ccccc2)OC1(C)C. The summed E-state index contributed by atoms with van der Waals surface area (Å²) in [5.41, 5.74) is -0.400. The van der Waals surface area contributed by atoms with Crippen LogP contribution in [0.4, 0.5) is 0 Å². The molecule has 1 saturated heterocycles. The highest BCUT2D eigenvalue weighted by molar-refractivity contribution is 7.90. The maximum absolute atomic E-state index is 13.4. The maximum Gasteiger partial charge on any atom is 0.513 e. The average Bonchev–Trinajstić information content (AvgIpc) is 3.11. The number of aromatic nitrogens is 2. The van der Waals surface area contributed by atoms with Gasteiger partial charge in [0.2, 0.25) is 0 Å². The number of hydrogen-bond donors (Lipinski definition) is 0. The van der Waals surface area contributed by atoms with Gasteiger partial charge in [-0.05, 0) is 58.0 Å². The van der Waals surface area contributed by atoms with E-state index in [2.05, 4.69) is 4.98 Å². The van der Waals surface area contributed by atoms with Crippen molar-refractivity contribution in [1.29, 1.82) is 0 Å². The zero-order chi connectivity index (χ0) is 19.4. The average molecular weight is 384 g/mol. The van der Waals surface area contributed by atoms with E-state index in [4.69, 9.17) is 9.31 Å². The van der Waals surface area contributed by atoms with Crippen LogP contribution in [0, 0.1) is 0 Å². The lowest BCUT2D eigenvalue weighted by molar-refractivity contribution is 0.00578. The molecule has 3 aromatic rings. The molecule has 2 aromatic heterocycles. The van der Waals surface area contributed by atoms with Crippen molar-refractivity contribution in [3.05, 3.63) is 54.7 Å². The summed E-state index contributed by atoms with van der Waals surface area (Å²) in [6.45, 7) is 7.74. The summed E-state index contributed by atoms with van der Waals surface area (Å²) in [5.74, 6) is 0. The molecule has 0 aliphatic carbocycles. The lowest BCUT2D eigenvalue weighted by atomic mass is 9.85. The minimum absolute atomic E-state index is 0.186. The minimum atomic E-state index is -3.87. The van der Waals surface area contributed by atoms with Gasteiger partial charge in [0.05, 0.1) is 21.7 Å². The highest BCUT2D eigenvalue weighted by Crippen LogP contribution is 2.37. The van der Waals surface area contributed by atoms with Gasteiger partial charge in [-0.15, -0.1) is 0 Å². The maximum atomic E-state index is 13.4. The second-order valence-corrected chi connectivity index (χ2v) is 9.44. The Balaban J connectivity index is 1.95. The van der Waals surface area contributed by atoms with Gasteiger partial charge in [-0.3, -0.25) is 0 Å². The Hall–Kier alpha value is -2.16. The smallest absolute Gasteiger partial charge is 0.398 e. The molecule has 0 saturated carbocycles. The normalized spacial score (nSPS) is 18.9. The molecule has 1 fully saturated rings. The molecule has 1 aliphatic rings. The molecule has 0 N–H and O–H groups in total. The van der Waals surface area contributed by atoms with Gasteiger partial charge in [0.1, 0.15) is 0 Å². The largest absolute Gasteiger partial charge is 0.513 e. The monoisotopic (exact) mass is 384 g/mol. The Kier molecular flexibility index (Phi) is 4.00. The zero-order valence-electron chi connectivity index (χ0n) is 15.7. The fourth-order valence-corrected chi connectivity index (χ4v) is 4.62. The molecule has 0 atom stereocenters. The lowest BCUT2D eigenvalue weighted by Crippen LogP contribution is -2.41. The Morgan fingerprint density at radius 2 is 1.59 bits per heavy atom. The first-order valence-electron chi connectivity index (χ1n) is 8.76. The van der Waals surface area contributed by atoms with Crippen molar-refractivity contribution >= 4 is 33.8 Å². The Labute approximate surface area is 159 Å². The van der Waals surface area contributed by atoms with Gasteiger partial charge in [0.25, 0.3) is 10.0 Å². The van der Waals surface area contributed by atoms with Gasteiger partial charge in [0.15, 0.2) is 5.65 Å². The molecule has 4 rings (SSSR count). The molecule has 3 heterocycles. The van der Waals surface area contributed by atoms with Crippen molar-refractivity contribution in [2.24, 2.45) is 0 Å². The fraction of sp³-hybridized carbons (Fsp3) is 0.316. The minimum Gasteiger partial charge on any atom is -0.398 e. The third-order valence-corrected chi connectivity index (χ3v) is 7.06. The Bertz CT molecular complexity index is 1090. The van der Waals surface area contributed by atoms with Crippen LogP contribution >= 0.6 is 0 Å². The molecule has 140 valence electrons. The quantitative estimate of drug-likeness (QED) is 0.650. The number of fused-ring (bicyclic) bond motifs is 1. The topological polar surface area (TPSA) is 70.4 Å². The number of benzene rings is 1. The number of hydrogen-bond acceptors (Lipinski definition) is 5. The van der Waals surface area contributed by atoms with Crippen molar-refractivity contribution in [2.45, 2.75) is 43.8 Å². The van der Waals surface area contributed by atoms with E-state index in [0.29, 0.717) is 16.6 Å². The van der Waals surface area contributed by atoms with E-state index < -0.39 is 28.3 Å². The summed E-state index contributed by atoms with van der Waals surface area (Å²) in [7, 11) is -4.69. The molecule has 27 heavy (non-hydrogen) atoms. The van der Waals surface area contributed by atoms with Crippen LogP contribution in [0.1, 0.15) is 27.7 Å². The predicted octanol–water partition coefficient (Wildman–Crippen LogP) is 2.57. The Morgan fingerprint density at radius 1 is 0.963 bits per heavy atom. The summed E-state index contributed by atoms with van der Waals surface area (Å²) in [5, 5.41) is 0.710.